The summed E-state index contributed by atoms with van der Waals surface area (Å²) >= 11 is 5.82. The van der Waals surface area contributed by atoms with Crippen molar-refractivity contribution in [3.05, 3.63) is 71.8 Å². The third kappa shape index (κ3) is 3.38. The topological polar surface area (TPSA) is 41.1 Å². The molecule has 0 saturated heterocycles. The average Bonchev–Trinajstić information content (AvgIpc) is 2.55. The fraction of sp³-hybridized carbons (Fsp3) is 0.0556. The number of hydrogen-bond donors (Lipinski definition) is 2. The van der Waals surface area contributed by atoms with Gasteiger partial charge in [0, 0.05) is 21.8 Å². The van der Waals surface area contributed by atoms with Crippen molar-refractivity contribution < 1.29 is 4.79 Å². The van der Waals surface area contributed by atoms with Gasteiger partial charge in [0.25, 0.3) is 0 Å². The Kier molecular flexibility index (Phi) is 4.26. The van der Waals surface area contributed by atoms with Gasteiger partial charge in [0.2, 0.25) is 5.91 Å². The number of rotatable bonds is 4. The highest BCUT2D eigenvalue weighted by atomic mass is 35.5. The number of fused-ring (bicyclic) bond motifs is 1. The molecule has 0 saturated carbocycles. The van der Waals surface area contributed by atoms with E-state index < -0.39 is 0 Å². The molecule has 3 rings (SSSR count). The first-order valence-corrected chi connectivity index (χ1v) is 7.37. The molecule has 3 aromatic carbocycles. The van der Waals surface area contributed by atoms with Gasteiger partial charge in [-0.2, -0.15) is 0 Å². The highest BCUT2D eigenvalue weighted by Crippen LogP contribution is 2.22. The Balaban J connectivity index is 1.66. The lowest BCUT2D eigenvalue weighted by atomic mass is 10.1. The lowest BCUT2D eigenvalue weighted by Gasteiger charge is -2.10. The van der Waals surface area contributed by atoms with Crippen LogP contribution in [0.5, 0.6) is 0 Å². The Morgan fingerprint density at radius 1 is 0.909 bits per heavy atom. The molecule has 1 amide bonds. The molecule has 0 atom stereocenters. The zero-order valence-electron chi connectivity index (χ0n) is 11.8. The van der Waals surface area contributed by atoms with Crippen LogP contribution in [0.15, 0.2) is 66.7 Å². The van der Waals surface area contributed by atoms with E-state index in [2.05, 4.69) is 10.6 Å². The van der Waals surface area contributed by atoms with Crippen LogP contribution in [0, 0.1) is 0 Å². The van der Waals surface area contributed by atoms with Gasteiger partial charge in [0.15, 0.2) is 0 Å². The third-order valence-electron chi connectivity index (χ3n) is 3.36. The lowest BCUT2D eigenvalue weighted by Crippen LogP contribution is -2.21. The number of halogens is 1. The second-order valence-corrected chi connectivity index (χ2v) is 5.37. The summed E-state index contributed by atoms with van der Waals surface area (Å²) in [5.74, 6) is -0.102. The molecule has 0 spiro atoms. The van der Waals surface area contributed by atoms with Gasteiger partial charge in [-0.3, -0.25) is 4.79 Å². The normalized spacial score (nSPS) is 10.4. The summed E-state index contributed by atoms with van der Waals surface area (Å²) in [7, 11) is 0. The number of carbonyl (C=O) groups is 1. The number of nitrogens with one attached hydrogen (secondary N) is 2. The molecule has 2 N–H and O–H groups in total. The zero-order chi connectivity index (χ0) is 15.4. The Labute approximate surface area is 133 Å². The molecular weight excluding hydrogens is 296 g/mol. The minimum atomic E-state index is -0.102. The Hall–Kier alpha value is -2.52. The molecule has 0 aliphatic heterocycles. The van der Waals surface area contributed by atoms with Crippen molar-refractivity contribution in [2.45, 2.75) is 0 Å². The molecule has 0 radical (unpaired) electrons. The van der Waals surface area contributed by atoms with Crippen LogP contribution in [0.3, 0.4) is 0 Å². The first kappa shape index (κ1) is 14.4. The quantitative estimate of drug-likeness (QED) is 0.742. The molecule has 3 aromatic rings. The molecule has 0 bridgehead atoms. The first-order chi connectivity index (χ1) is 10.7. The van der Waals surface area contributed by atoms with E-state index in [1.165, 1.54) is 0 Å². The van der Waals surface area contributed by atoms with E-state index in [4.69, 9.17) is 11.6 Å². The van der Waals surface area contributed by atoms with Crippen LogP contribution in [0.4, 0.5) is 11.4 Å². The van der Waals surface area contributed by atoms with Crippen LogP contribution in [0.2, 0.25) is 5.02 Å². The molecule has 0 aromatic heterocycles. The molecule has 0 aliphatic rings. The fourth-order valence-corrected chi connectivity index (χ4v) is 2.42. The van der Waals surface area contributed by atoms with Gasteiger partial charge >= 0.3 is 0 Å². The van der Waals surface area contributed by atoms with Crippen LogP contribution < -0.4 is 10.6 Å². The maximum absolute atomic E-state index is 12.0. The molecule has 0 heterocycles. The summed E-state index contributed by atoms with van der Waals surface area (Å²) in [6, 6.07) is 21.1. The van der Waals surface area contributed by atoms with Crippen molar-refractivity contribution in [2.75, 3.05) is 17.2 Å². The second kappa shape index (κ2) is 6.50. The Morgan fingerprint density at radius 2 is 1.64 bits per heavy atom. The highest BCUT2D eigenvalue weighted by molar-refractivity contribution is 6.30. The van der Waals surface area contributed by atoms with Crippen LogP contribution in [0.1, 0.15) is 0 Å². The lowest BCUT2D eigenvalue weighted by molar-refractivity contribution is -0.114. The maximum Gasteiger partial charge on any atom is 0.243 e. The number of carbonyl (C=O) groups excluding carboxylic acids is 1. The van der Waals surface area contributed by atoms with E-state index in [0.717, 1.165) is 22.1 Å². The zero-order valence-corrected chi connectivity index (χ0v) is 12.6. The number of benzene rings is 3. The van der Waals surface area contributed by atoms with E-state index in [0.29, 0.717) is 5.02 Å². The van der Waals surface area contributed by atoms with Crippen molar-refractivity contribution >= 4 is 39.7 Å². The average molecular weight is 311 g/mol. The predicted octanol–water partition coefficient (Wildman–Crippen LogP) is 4.54. The van der Waals surface area contributed by atoms with Gasteiger partial charge in [0.1, 0.15) is 0 Å². The van der Waals surface area contributed by atoms with E-state index in [-0.39, 0.29) is 12.5 Å². The van der Waals surface area contributed by atoms with Gasteiger partial charge in [-0.15, -0.1) is 0 Å². The maximum atomic E-state index is 12.0. The fourth-order valence-electron chi connectivity index (χ4n) is 2.29. The molecule has 0 unspecified atom stereocenters. The Morgan fingerprint density at radius 3 is 2.45 bits per heavy atom. The Bertz CT molecular complexity index is 794. The predicted molar refractivity (Wildman–Crippen MR) is 92.5 cm³/mol. The molecule has 22 heavy (non-hydrogen) atoms. The van der Waals surface area contributed by atoms with E-state index in [9.17, 15) is 4.79 Å². The summed E-state index contributed by atoms with van der Waals surface area (Å²) in [5.41, 5.74) is 1.68. The van der Waals surface area contributed by atoms with Crippen molar-refractivity contribution in [1.82, 2.24) is 0 Å². The van der Waals surface area contributed by atoms with Crippen LogP contribution in [0.25, 0.3) is 10.8 Å². The van der Waals surface area contributed by atoms with Crippen LogP contribution in [-0.2, 0) is 4.79 Å². The largest absolute Gasteiger partial charge is 0.376 e. The molecule has 0 fully saturated rings. The molecule has 110 valence electrons. The van der Waals surface area contributed by atoms with Crippen LogP contribution in [-0.4, -0.2) is 12.5 Å². The summed E-state index contributed by atoms with van der Waals surface area (Å²) in [5, 5.41) is 8.90. The van der Waals surface area contributed by atoms with Crippen molar-refractivity contribution in [2.24, 2.45) is 0 Å². The van der Waals surface area contributed by atoms with Crippen molar-refractivity contribution in [3.63, 3.8) is 0 Å². The number of amides is 1. The summed E-state index contributed by atoms with van der Waals surface area (Å²) in [4.78, 5) is 12.0. The standard InChI is InChI=1S/C18H15ClN2O/c19-14-8-10-15(11-9-14)21-18(22)12-20-17-7-3-5-13-4-1-2-6-16(13)17/h1-11,20H,12H2,(H,21,22). The third-order valence-corrected chi connectivity index (χ3v) is 3.61. The SMILES string of the molecule is O=C(CNc1cccc2ccccc12)Nc1ccc(Cl)cc1. The van der Waals surface area contributed by atoms with Crippen molar-refractivity contribution in [1.29, 1.82) is 0 Å². The highest BCUT2D eigenvalue weighted by Gasteiger charge is 2.04. The van der Waals surface area contributed by atoms with E-state index in [1.807, 2.05) is 42.5 Å². The van der Waals surface area contributed by atoms with E-state index >= 15 is 0 Å². The summed E-state index contributed by atoms with van der Waals surface area (Å²) in [6.07, 6.45) is 0. The first-order valence-electron chi connectivity index (χ1n) is 6.99. The second-order valence-electron chi connectivity index (χ2n) is 4.94. The number of hydrogen-bond acceptors (Lipinski definition) is 2. The van der Waals surface area contributed by atoms with Crippen LogP contribution >= 0.6 is 11.6 Å². The summed E-state index contributed by atoms with van der Waals surface area (Å²) < 4.78 is 0. The van der Waals surface area contributed by atoms with Gasteiger partial charge in [0.05, 0.1) is 6.54 Å². The molecule has 0 aliphatic carbocycles. The smallest absolute Gasteiger partial charge is 0.243 e. The van der Waals surface area contributed by atoms with Gasteiger partial charge in [-0.05, 0) is 35.7 Å². The van der Waals surface area contributed by atoms with Gasteiger partial charge < -0.3 is 10.6 Å². The number of anilines is 2. The van der Waals surface area contributed by atoms with E-state index in [1.54, 1.807) is 24.3 Å². The van der Waals surface area contributed by atoms with Gasteiger partial charge in [-0.25, -0.2) is 0 Å². The minimum absolute atomic E-state index is 0.102. The van der Waals surface area contributed by atoms with Gasteiger partial charge in [-0.1, -0.05) is 48.0 Å². The molecule has 3 nitrogen and oxygen atoms in total. The van der Waals surface area contributed by atoms with Crippen molar-refractivity contribution in [3.8, 4) is 0 Å². The summed E-state index contributed by atoms with van der Waals surface area (Å²) in [6.45, 7) is 0.205. The minimum Gasteiger partial charge on any atom is -0.376 e. The molecule has 4 heteroatoms. The molecular formula is C18H15ClN2O. The monoisotopic (exact) mass is 310 g/mol.